The molecule has 150 valence electrons. The number of anilines is 1. The predicted molar refractivity (Wildman–Crippen MR) is 112 cm³/mol. The zero-order chi connectivity index (χ0) is 19.8. The van der Waals surface area contributed by atoms with Gasteiger partial charge in [-0.15, -0.1) is 0 Å². The molecule has 2 aromatic rings. The third-order valence-electron chi connectivity index (χ3n) is 4.74. The third kappa shape index (κ3) is 6.73. The number of ether oxygens (including phenoxy) is 2. The molecule has 1 N–H and O–H groups in total. The standard InChI is InChI=1S/C22H27ClN2O3/c1-25-14-12-21(13-15-25)28-20-10-6-18(7-11-20)24-22(26)3-2-16-27-19-8-4-17(23)5-9-19/h4-11,21H,2-3,12-16H2,1H3,(H,24,26). The molecular weight excluding hydrogens is 376 g/mol. The molecular formula is C22H27ClN2O3. The summed E-state index contributed by atoms with van der Waals surface area (Å²) in [4.78, 5) is 14.4. The zero-order valence-corrected chi connectivity index (χ0v) is 17.0. The van der Waals surface area contributed by atoms with Gasteiger partial charge in [-0.05, 0) is 74.8 Å². The van der Waals surface area contributed by atoms with Gasteiger partial charge < -0.3 is 19.7 Å². The van der Waals surface area contributed by atoms with Crippen molar-refractivity contribution in [2.24, 2.45) is 0 Å². The number of amides is 1. The number of nitrogens with one attached hydrogen (secondary N) is 1. The number of halogens is 1. The van der Waals surface area contributed by atoms with Gasteiger partial charge in [0.05, 0.1) is 6.61 Å². The first-order valence-electron chi connectivity index (χ1n) is 9.72. The molecule has 0 bridgehead atoms. The maximum atomic E-state index is 12.1. The summed E-state index contributed by atoms with van der Waals surface area (Å²) in [7, 11) is 2.14. The zero-order valence-electron chi connectivity index (χ0n) is 16.2. The Kier molecular flexibility index (Phi) is 7.57. The molecule has 3 rings (SSSR count). The second kappa shape index (κ2) is 10.3. The largest absolute Gasteiger partial charge is 0.494 e. The van der Waals surface area contributed by atoms with Crippen LogP contribution in [0.3, 0.4) is 0 Å². The molecule has 0 aromatic heterocycles. The molecule has 1 aliphatic rings. The van der Waals surface area contributed by atoms with E-state index < -0.39 is 0 Å². The van der Waals surface area contributed by atoms with Gasteiger partial charge in [0.1, 0.15) is 17.6 Å². The van der Waals surface area contributed by atoms with Gasteiger partial charge in [0.25, 0.3) is 0 Å². The summed E-state index contributed by atoms with van der Waals surface area (Å²) in [6.07, 6.45) is 3.42. The van der Waals surface area contributed by atoms with Crippen LogP contribution in [0.15, 0.2) is 48.5 Å². The smallest absolute Gasteiger partial charge is 0.224 e. The van der Waals surface area contributed by atoms with Gasteiger partial charge in [0, 0.05) is 30.2 Å². The molecule has 0 radical (unpaired) electrons. The maximum Gasteiger partial charge on any atom is 0.224 e. The van der Waals surface area contributed by atoms with Crippen molar-refractivity contribution in [3.8, 4) is 11.5 Å². The molecule has 1 heterocycles. The highest BCUT2D eigenvalue weighted by Crippen LogP contribution is 2.21. The van der Waals surface area contributed by atoms with Crippen LogP contribution in [0.5, 0.6) is 11.5 Å². The van der Waals surface area contributed by atoms with Gasteiger partial charge >= 0.3 is 0 Å². The topological polar surface area (TPSA) is 50.8 Å². The molecule has 1 amide bonds. The second-order valence-corrected chi connectivity index (χ2v) is 7.54. The van der Waals surface area contributed by atoms with Crippen LogP contribution < -0.4 is 14.8 Å². The van der Waals surface area contributed by atoms with E-state index in [-0.39, 0.29) is 12.0 Å². The van der Waals surface area contributed by atoms with Crippen molar-refractivity contribution in [3.05, 3.63) is 53.6 Å². The minimum Gasteiger partial charge on any atom is -0.494 e. The van der Waals surface area contributed by atoms with Crippen molar-refractivity contribution in [3.63, 3.8) is 0 Å². The fourth-order valence-corrected chi connectivity index (χ4v) is 3.22. The summed E-state index contributed by atoms with van der Waals surface area (Å²) in [5.74, 6) is 1.58. The van der Waals surface area contributed by atoms with E-state index in [2.05, 4.69) is 17.3 Å². The van der Waals surface area contributed by atoms with Crippen LogP contribution in [-0.2, 0) is 4.79 Å². The molecule has 0 spiro atoms. The number of nitrogens with zero attached hydrogens (tertiary/aromatic N) is 1. The van der Waals surface area contributed by atoms with Crippen LogP contribution in [0.1, 0.15) is 25.7 Å². The van der Waals surface area contributed by atoms with Crippen molar-refractivity contribution < 1.29 is 14.3 Å². The monoisotopic (exact) mass is 402 g/mol. The summed E-state index contributed by atoms with van der Waals surface area (Å²) in [6, 6.07) is 14.8. The van der Waals surface area contributed by atoms with Crippen LogP contribution in [0.2, 0.25) is 5.02 Å². The van der Waals surface area contributed by atoms with Gasteiger partial charge in [-0.2, -0.15) is 0 Å². The Labute approximate surface area is 171 Å². The van der Waals surface area contributed by atoms with E-state index in [1.807, 2.05) is 36.4 Å². The van der Waals surface area contributed by atoms with Crippen molar-refractivity contribution in [1.82, 2.24) is 4.90 Å². The van der Waals surface area contributed by atoms with E-state index >= 15 is 0 Å². The first-order valence-corrected chi connectivity index (χ1v) is 10.1. The predicted octanol–water partition coefficient (Wildman–Crippen LogP) is 4.61. The summed E-state index contributed by atoms with van der Waals surface area (Å²) in [5.41, 5.74) is 0.777. The molecule has 0 aliphatic carbocycles. The molecule has 1 saturated heterocycles. The first-order chi connectivity index (χ1) is 13.6. The number of piperidine rings is 1. The Hall–Kier alpha value is -2.24. The Bertz CT molecular complexity index is 741. The van der Waals surface area contributed by atoms with E-state index in [4.69, 9.17) is 21.1 Å². The lowest BCUT2D eigenvalue weighted by Crippen LogP contribution is -2.35. The Morgan fingerprint density at radius 2 is 1.71 bits per heavy atom. The highest BCUT2D eigenvalue weighted by molar-refractivity contribution is 6.30. The van der Waals surface area contributed by atoms with Gasteiger partial charge in [-0.1, -0.05) is 11.6 Å². The van der Waals surface area contributed by atoms with Crippen molar-refractivity contribution >= 4 is 23.2 Å². The van der Waals surface area contributed by atoms with Gasteiger partial charge in [-0.3, -0.25) is 4.79 Å². The molecule has 1 fully saturated rings. The molecule has 6 heteroatoms. The highest BCUT2D eigenvalue weighted by Gasteiger charge is 2.17. The van der Waals surface area contributed by atoms with Crippen LogP contribution in [0, 0.1) is 0 Å². The van der Waals surface area contributed by atoms with E-state index in [9.17, 15) is 4.79 Å². The molecule has 0 atom stereocenters. The van der Waals surface area contributed by atoms with Crippen molar-refractivity contribution in [2.45, 2.75) is 31.8 Å². The molecule has 5 nitrogen and oxygen atoms in total. The minimum absolute atomic E-state index is 0.0244. The summed E-state index contributed by atoms with van der Waals surface area (Å²) < 4.78 is 11.6. The number of benzene rings is 2. The summed E-state index contributed by atoms with van der Waals surface area (Å²) in [6.45, 7) is 2.62. The lowest BCUT2D eigenvalue weighted by molar-refractivity contribution is -0.116. The van der Waals surface area contributed by atoms with Crippen LogP contribution in [0.4, 0.5) is 5.69 Å². The maximum absolute atomic E-state index is 12.1. The first kappa shape index (κ1) is 20.5. The number of hydrogen-bond acceptors (Lipinski definition) is 4. The Morgan fingerprint density at radius 3 is 2.39 bits per heavy atom. The highest BCUT2D eigenvalue weighted by atomic mass is 35.5. The number of carbonyl (C=O) groups is 1. The lowest BCUT2D eigenvalue weighted by atomic mass is 10.1. The average Bonchev–Trinajstić information content (AvgIpc) is 2.70. The molecule has 0 saturated carbocycles. The molecule has 0 unspecified atom stereocenters. The number of carbonyl (C=O) groups excluding carboxylic acids is 1. The average molecular weight is 403 g/mol. The van der Waals surface area contributed by atoms with E-state index in [1.165, 1.54) is 0 Å². The van der Waals surface area contributed by atoms with Gasteiger partial charge in [-0.25, -0.2) is 0 Å². The second-order valence-electron chi connectivity index (χ2n) is 7.10. The van der Waals surface area contributed by atoms with Crippen molar-refractivity contribution in [1.29, 1.82) is 0 Å². The van der Waals surface area contributed by atoms with Crippen LogP contribution >= 0.6 is 11.6 Å². The van der Waals surface area contributed by atoms with Gasteiger partial charge in [0.2, 0.25) is 5.91 Å². The van der Waals surface area contributed by atoms with E-state index in [0.717, 1.165) is 43.1 Å². The fraction of sp³-hybridized carbons (Fsp3) is 0.409. The van der Waals surface area contributed by atoms with Gasteiger partial charge in [0.15, 0.2) is 0 Å². The van der Waals surface area contributed by atoms with E-state index in [1.54, 1.807) is 12.1 Å². The minimum atomic E-state index is -0.0244. The van der Waals surface area contributed by atoms with Crippen LogP contribution in [0.25, 0.3) is 0 Å². The normalized spacial score (nSPS) is 15.2. The summed E-state index contributed by atoms with van der Waals surface area (Å²) >= 11 is 5.84. The number of likely N-dealkylation sites (tertiary alicyclic amines) is 1. The molecule has 28 heavy (non-hydrogen) atoms. The third-order valence-corrected chi connectivity index (χ3v) is 4.99. The van der Waals surface area contributed by atoms with Crippen LogP contribution in [-0.4, -0.2) is 43.7 Å². The Morgan fingerprint density at radius 1 is 1.07 bits per heavy atom. The SMILES string of the molecule is CN1CCC(Oc2ccc(NC(=O)CCCOc3ccc(Cl)cc3)cc2)CC1. The fourth-order valence-electron chi connectivity index (χ4n) is 3.09. The van der Waals surface area contributed by atoms with Crippen molar-refractivity contribution in [2.75, 3.05) is 32.1 Å². The number of hydrogen-bond donors (Lipinski definition) is 1. The van der Waals surface area contributed by atoms with E-state index in [0.29, 0.717) is 24.5 Å². The number of rotatable bonds is 8. The summed E-state index contributed by atoms with van der Waals surface area (Å²) in [5, 5.41) is 3.59. The lowest BCUT2D eigenvalue weighted by Gasteiger charge is -2.29. The molecule has 2 aromatic carbocycles. The Balaban J connectivity index is 1.35. The quantitative estimate of drug-likeness (QED) is 0.655. The molecule has 1 aliphatic heterocycles.